The summed E-state index contributed by atoms with van der Waals surface area (Å²) in [6.45, 7) is 0. The van der Waals surface area contributed by atoms with Crippen LogP contribution in [0.5, 0.6) is 5.75 Å². The molecule has 3 N–H and O–H groups in total. The van der Waals surface area contributed by atoms with Crippen LogP contribution in [-0.2, 0) is 0 Å². The Morgan fingerprint density at radius 3 is 1.61 bits per heavy atom. The number of aromatic nitrogens is 2. The molecule has 2 aromatic heterocycles. The lowest BCUT2D eigenvalue weighted by atomic mass is 10.1. The van der Waals surface area contributed by atoms with Crippen LogP contribution in [0.25, 0.3) is 43.6 Å². The molecule has 0 spiro atoms. The third-order valence-corrected chi connectivity index (χ3v) is 4.36. The van der Waals surface area contributed by atoms with Crippen LogP contribution in [0.15, 0.2) is 42.5 Å². The van der Waals surface area contributed by atoms with E-state index in [0.717, 1.165) is 11.0 Å². The largest absolute Gasteiger partial charge is 0.504 e. The van der Waals surface area contributed by atoms with Crippen LogP contribution in [-0.4, -0.2) is 15.1 Å². The monoisotopic (exact) mass is 308 g/mol. The highest BCUT2D eigenvalue weighted by molar-refractivity contribution is 6.20. The maximum absolute atomic E-state index is 13.6. The number of aromatic amines is 2. The summed E-state index contributed by atoms with van der Waals surface area (Å²) in [5, 5.41) is 13.4. The van der Waals surface area contributed by atoms with Crippen molar-refractivity contribution in [2.45, 2.75) is 0 Å². The molecule has 112 valence electrons. The van der Waals surface area contributed by atoms with E-state index >= 15 is 0 Å². The molecule has 5 aromatic rings. The van der Waals surface area contributed by atoms with E-state index in [1.165, 1.54) is 24.3 Å². The van der Waals surface area contributed by atoms with Gasteiger partial charge >= 0.3 is 0 Å². The Balaban J connectivity index is 2.05. The zero-order valence-electron chi connectivity index (χ0n) is 11.7. The fraction of sp³-hybridized carbons (Fsp3) is 0. The van der Waals surface area contributed by atoms with Crippen molar-refractivity contribution >= 4 is 43.6 Å². The Bertz CT molecular complexity index is 1160. The van der Waals surface area contributed by atoms with Gasteiger partial charge in [0.15, 0.2) is 5.75 Å². The molecule has 0 atom stereocenters. The summed E-state index contributed by atoms with van der Waals surface area (Å²) >= 11 is 0. The van der Waals surface area contributed by atoms with E-state index in [1.807, 2.05) is 6.07 Å². The van der Waals surface area contributed by atoms with Gasteiger partial charge in [0.25, 0.3) is 0 Å². The predicted octanol–water partition coefficient (Wildman–Crippen LogP) is 4.94. The first-order chi connectivity index (χ1) is 11.1. The molecule has 0 bridgehead atoms. The molecule has 0 amide bonds. The first-order valence-corrected chi connectivity index (χ1v) is 7.15. The van der Waals surface area contributed by atoms with Crippen LogP contribution >= 0.6 is 0 Å². The van der Waals surface area contributed by atoms with Gasteiger partial charge in [0.1, 0.15) is 11.6 Å². The van der Waals surface area contributed by atoms with Crippen molar-refractivity contribution in [3.63, 3.8) is 0 Å². The molecule has 0 aliphatic carbocycles. The third kappa shape index (κ3) is 1.56. The van der Waals surface area contributed by atoms with E-state index in [-0.39, 0.29) is 17.4 Å². The summed E-state index contributed by atoms with van der Waals surface area (Å²) in [6.07, 6.45) is 0. The van der Waals surface area contributed by atoms with Crippen molar-refractivity contribution < 1.29 is 13.9 Å². The number of phenols is 1. The molecular formula is C18H10F2N2O. The van der Waals surface area contributed by atoms with E-state index in [0.29, 0.717) is 32.6 Å². The summed E-state index contributed by atoms with van der Waals surface area (Å²) in [4.78, 5) is 6.22. The van der Waals surface area contributed by atoms with Gasteiger partial charge in [-0.2, -0.15) is 0 Å². The van der Waals surface area contributed by atoms with E-state index in [9.17, 15) is 13.9 Å². The Morgan fingerprint density at radius 1 is 0.652 bits per heavy atom. The first kappa shape index (κ1) is 12.5. The number of halogens is 2. The highest BCUT2D eigenvalue weighted by Gasteiger charge is 2.16. The van der Waals surface area contributed by atoms with Crippen LogP contribution in [0.3, 0.4) is 0 Å². The van der Waals surface area contributed by atoms with Gasteiger partial charge in [-0.25, -0.2) is 8.78 Å². The zero-order valence-corrected chi connectivity index (χ0v) is 11.7. The first-order valence-electron chi connectivity index (χ1n) is 7.15. The fourth-order valence-corrected chi connectivity index (χ4v) is 3.31. The van der Waals surface area contributed by atoms with Gasteiger partial charge in [-0.3, -0.25) is 0 Å². The minimum absolute atomic E-state index is 0.0470. The third-order valence-electron chi connectivity index (χ3n) is 4.36. The minimum atomic E-state index is -0.344. The molecule has 3 nitrogen and oxygen atoms in total. The number of hydrogen-bond donors (Lipinski definition) is 3. The highest BCUT2D eigenvalue weighted by atomic mass is 19.1. The van der Waals surface area contributed by atoms with Crippen molar-refractivity contribution in [2.24, 2.45) is 0 Å². The van der Waals surface area contributed by atoms with Gasteiger partial charge in [0.2, 0.25) is 0 Å². The average molecular weight is 308 g/mol. The van der Waals surface area contributed by atoms with E-state index < -0.39 is 0 Å². The second-order valence-electron chi connectivity index (χ2n) is 5.70. The lowest BCUT2D eigenvalue weighted by Crippen LogP contribution is -1.75. The minimum Gasteiger partial charge on any atom is -0.504 e. The van der Waals surface area contributed by atoms with Crippen LogP contribution in [0, 0.1) is 11.6 Å². The van der Waals surface area contributed by atoms with Crippen molar-refractivity contribution in [1.29, 1.82) is 0 Å². The van der Waals surface area contributed by atoms with Gasteiger partial charge in [0, 0.05) is 32.6 Å². The van der Waals surface area contributed by atoms with Crippen LogP contribution in [0.4, 0.5) is 8.78 Å². The van der Waals surface area contributed by atoms with E-state index in [1.54, 1.807) is 12.1 Å². The maximum atomic E-state index is 13.6. The van der Waals surface area contributed by atoms with Crippen LogP contribution in [0.2, 0.25) is 0 Å². The summed E-state index contributed by atoms with van der Waals surface area (Å²) in [7, 11) is 0. The topological polar surface area (TPSA) is 51.8 Å². The second-order valence-corrected chi connectivity index (χ2v) is 5.70. The van der Waals surface area contributed by atoms with E-state index in [2.05, 4.69) is 9.97 Å². The summed E-state index contributed by atoms with van der Waals surface area (Å²) < 4.78 is 27.1. The number of aromatic hydroxyl groups is 1. The number of fused-ring (bicyclic) bond motifs is 6. The molecule has 0 fully saturated rings. The molecule has 5 heteroatoms. The fourth-order valence-electron chi connectivity index (χ4n) is 3.31. The highest BCUT2D eigenvalue weighted by Crippen LogP contribution is 2.40. The van der Waals surface area contributed by atoms with Crippen molar-refractivity contribution in [3.8, 4) is 5.75 Å². The average Bonchev–Trinajstić information content (AvgIpc) is 3.07. The van der Waals surface area contributed by atoms with Crippen LogP contribution < -0.4 is 0 Å². The molecule has 0 radical (unpaired) electrons. The number of phenolic OH excluding ortho intramolecular Hbond substituents is 1. The lowest BCUT2D eigenvalue weighted by Gasteiger charge is -1.99. The molecule has 3 aromatic carbocycles. The lowest BCUT2D eigenvalue weighted by molar-refractivity contribution is 0.486. The van der Waals surface area contributed by atoms with Crippen LogP contribution in [0.1, 0.15) is 0 Å². The molecule has 0 aliphatic heterocycles. The number of hydrogen-bond acceptors (Lipinski definition) is 1. The Kier molecular flexibility index (Phi) is 2.17. The Morgan fingerprint density at radius 2 is 1.13 bits per heavy atom. The van der Waals surface area contributed by atoms with Gasteiger partial charge in [-0.1, -0.05) is 0 Å². The van der Waals surface area contributed by atoms with Gasteiger partial charge in [-0.05, 0) is 42.5 Å². The van der Waals surface area contributed by atoms with Gasteiger partial charge < -0.3 is 15.1 Å². The van der Waals surface area contributed by atoms with E-state index in [4.69, 9.17) is 0 Å². The molecule has 0 saturated carbocycles. The molecule has 0 aliphatic rings. The maximum Gasteiger partial charge on any atom is 0.164 e. The second kappa shape index (κ2) is 4.01. The number of H-pyrrole nitrogens is 2. The number of nitrogens with one attached hydrogen (secondary N) is 2. The molecule has 2 heterocycles. The summed E-state index contributed by atoms with van der Waals surface area (Å²) in [6, 6.07) is 10.7. The van der Waals surface area contributed by atoms with Crippen molar-refractivity contribution in [3.05, 3.63) is 54.1 Å². The van der Waals surface area contributed by atoms with Gasteiger partial charge in [0.05, 0.1) is 11.0 Å². The Labute approximate surface area is 128 Å². The normalized spacial score (nSPS) is 12.1. The van der Waals surface area contributed by atoms with Crippen molar-refractivity contribution in [1.82, 2.24) is 9.97 Å². The molecular weight excluding hydrogens is 298 g/mol. The predicted molar refractivity (Wildman–Crippen MR) is 86.7 cm³/mol. The van der Waals surface area contributed by atoms with Gasteiger partial charge in [-0.15, -0.1) is 0 Å². The number of rotatable bonds is 0. The zero-order chi connectivity index (χ0) is 15.7. The summed E-state index contributed by atoms with van der Waals surface area (Å²) in [5.41, 5.74) is 2.54. The SMILES string of the molecule is Oc1c2[nH]c3ccc(F)cc3c2cc2c1[nH]c1ccc(F)cc12. The molecule has 23 heavy (non-hydrogen) atoms. The molecule has 0 unspecified atom stereocenters. The summed E-state index contributed by atoms with van der Waals surface area (Å²) in [5.74, 6) is -0.642. The quantitative estimate of drug-likeness (QED) is 0.373. The van der Waals surface area contributed by atoms with Crippen molar-refractivity contribution in [2.75, 3.05) is 0 Å². The Hall–Kier alpha value is -3.08. The molecule has 0 saturated heterocycles. The molecule has 5 rings (SSSR count). The number of benzene rings is 3. The smallest absolute Gasteiger partial charge is 0.164 e. The standard InChI is InChI=1S/C18H10F2N2O/c19-8-1-3-14-10(5-8)12-7-13-11-6-9(20)2-4-15(11)22-17(13)18(23)16(12)21-14/h1-7,21-23H.